The van der Waals surface area contributed by atoms with Crippen molar-refractivity contribution in [3.8, 4) is 35.3 Å². The van der Waals surface area contributed by atoms with Crippen LogP contribution >= 0.6 is 22.6 Å². The van der Waals surface area contributed by atoms with Crippen molar-refractivity contribution in [3.63, 3.8) is 0 Å². The average Bonchev–Trinajstić information content (AvgIpc) is 2.80. The SMILES string of the molecule is C#CCOc1c(I)cc(/C=N/NC(=O)CNC(=O)c2ccc(OC)c(OC)c2)cc1OC. The summed E-state index contributed by atoms with van der Waals surface area (Å²) in [5.41, 5.74) is 3.36. The number of carbonyl (C=O) groups is 2. The predicted octanol–water partition coefficient (Wildman–Crippen LogP) is 2.21. The lowest BCUT2D eigenvalue weighted by atomic mass is 10.2. The molecule has 0 fully saturated rings. The van der Waals surface area contributed by atoms with E-state index in [0.717, 1.165) is 3.57 Å². The first-order valence-electron chi connectivity index (χ1n) is 9.19. The van der Waals surface area contributed by atoms with Gasteiger partial charge in [-0.15, -0.1) is 6.42 Å². The fourth-order valence-electron chi connectivity index (χ4n) is 2.53. The average molecular weight is 551 g/mol. The minimum atomic E-state index is -0.495. The molecule has 2 N–H and O–H groups in total. The highest BCUT2D eigenvalue weighted by molar-refractivity contribution is 14.1. The zero-order valence-corrected chi connectivity index (χ0v) is 19.9. The molecule has 10 heteroatoms. The van der Waals surface area contributed by atoms with Gasteiger partial charge in [-0.25, -0.2) is 5.43 Å². The number of benzene rings is 2. The fourth-order valence-corrected chi connectivity index (χ4v) is 3.31. The Morgan fingerprint density at radius 1 is 1.09 bits per heavy atom. The van der Waals surface area contributed by atoms with Crippen molar-refractivity contribution in [3.05, 3.63) is 45.0 Å². The van der Waals surface area contributed by atoms with Crippen LogP contribution in [0.25, 0.3) is 0 Å². The van der Waals surface area contributed by atoms with Crippen LogP contribution in [0.4, 0.5) is 0 Å². The van der Waals surface area contributed by atoms with Crippen LogP contribution in [0.1, 0.15) is 15.9 Å². The fraction of sp³-hybridized carbons (Fsp3) is 0.227. The Morgan fingerprint density at radius 2 is 1.81 bits per heavy atom. The van der Waals surface area contributed by atoms with Crippen molar-refractivity contribution >= 4 is 40.6 Å². The lowest BCUT2D eigenvalue weighted by Crippen LogP contribution is -2.34. The summed E-state index contributed by atoms with van der Waals surface area (Å²) in [7, 11) is 4.48. The molecule has 0 unspecified atom stereocenters. The van der Waals surface area contributed by atoms with Crippen molar-refractivity contribution in [1.82, 2.24) is 10.7 Å². The van der Waals surface area contributed by atoms with E-state index in [1.807, 2.05) is 0 Å². The molecule has 0 saturated carbocycles. The van der Waals surface area contributed by atoms with E-state index in [4.69, 9.17) is 25.4 Å². The van der Waals surface area contributed by atoms with Crippen LogP contribution in [0, 0.1) is 15.9 Å². The van der Waals surface area contributed by atoms with E-state index in [1.54, 1.807) is 24.3 Å². The van der Waals surface area contributed by atoms with Gasteiger partial charge in [0.2, 0.25) is 0 Å². The number of rotatable bonds is 10. The lowest BCUT2D eigenvalue weighted by Gasteiger charge is -2.11. The first kappa shape index (κ1) is 24.8. The summed E-state index contributed by atoms with van der Waals surface area (Å²) >= 11 is 2.09. The third-order valence-corrected chi connectivity index (χ3v) is 4.81. The lowest BCUT2D eigenvalue weighted by molar-refractivity contribution is -0.120. The van der Waals surface area contributed by atoms with E-state index in [2.05, 4.69) is 44.4 Å². The standard InChI is InChI=1S/C22H22IN3O6/c1-5-8-32-21-16(23)9-14(10-19(21)31-4)12-25-26-20(27)13-24-22(28)15-6-7-17(29-2)18(11-15)30-3/h1,6-7,9-12H,8,13H2,2-4H3,(H,24,28)(H,26,27)/b25-12+. The maximum atomic E-state index is 12.3. The molecule has 32 heavy (non-hydrogen) atoms. The van der Waals surface area contributed by atoms with Gasteiger partial charge in [0.05, 0.1) is 37.7 Å². The molecule has 0 spiro atoms. The predicted molar refractivity (Wildman–Crippen MR) is 128 cm³/mol. The smallest absolute Gasteiger partial charge is 0.259 e. The number of amides is 2. The largest absolute Gasteiger partial charge is 0.493 e. The monoisotopic (exact) mass is 551 g/mol. The van der Waals surface area contributed by atoms with E-state index in [-0.39, 0.29) is 13.2 Å². The van der Waals surface area contributed by atoms with E-state index in [1.165, 1.54) is 33.6 Å². The molecule has 0 heterocycles. The van der Waals surface area contributed by atoms with Crippen LogP contribution in [0.2, 0.25) is 0 Å². The number of hydrogen-bond acceptors (Lipinski definition) is 7. The molecule has 9 nitrogen and oxygen atoms in total. The molecule has 0 aliphatic rings. The van der Waals surface area contributed by atoms with E-state index in [0.29, 0.717) is 34.1 Å². The van der Waals surface area contributed by atoms with E-state index in [9.17, 15) is 9.59 Å². The van der Waals surface area contributed by atoms with E-state index < -0.39 is 11.8 Å². The van der Waals surface area contributed by atoms with Crippen molar-refractivity contribution in [1.29, 1.82) is 0 Å². The Kier molecular flexibility index (Phi) is 9.62. The van der Waals surface area contributed by atoms with Crippen molar-refractivity contribution in [2.24, 2.45) is 5.10 Å². The van der Waals surface area contributed by atoms with Gasteiger partial charge in [0, 0.05) is 5.56 Å². The normalized spacial score (nSPS) is 10.2. The number of methoxy groups -OCH3 is 3. The second-order valence-corrected chi connectivity index (χ2v) is 7.23. The molecule has 0 radical (unpaired) electrons. The van der Waals surface area contributed by atoms with Crippen LogP contribution in [0.5, 0.6) is 23.0 Å². The molecule has 0 aliphatic heterocycles. The number of terminal acetylenes is 1. The Bertz CT molecular complexity index is 1050. The zero-order chi connectivity index (χ0) is 23.5. The Balaban J connectivity index is 1.93. The third-order valence-electron chi connectivity index (χ3n) is 4.01. The minimum absolute atomic E-state index is 0.116. The summed E-state index contributed by atoms with van der Waals surface area (Å²) in [4.78, 5) is 24.3. The summed E-state index contributed by atoms with van der Waals surface area (Å²) < 4.78 is 21.9. The molecule has 2 rings (SSSR count). The molecule has 0 atom stereocenters. The summed E-state index contributed by atoms with van der Waals surface area (Å²) in [5, 5.41) is 6.42. The van der Waals surface area contributed by atoms with E-state index >= 15 is 0 Å². The minimum Gasteiger partial charge on any atom is -0.493 e. The summed E-state index contributed by atoms with van der Waals surface area (Å²) in [5.74, 6) is 3.40. The van der Waals surface area contributed by atoms with Crippen LogP contribution in [0.3, 0.4) is 0 Å². The van der Waals surface area contributed by atoms with Gasteiger partial charge in [-0.2, -0.15) is 5.10 Å². The van der Waals surface area contributed by atoms with Gasteiger partial charge in [-0.3, -0.25) is 9.59 Å². The van der Waals surface area contributed by atoms with Gasteiger partial charge in [0.25, 0.3) is 11.8 Å². The van der Waals surface area contributed by atoms with Crippen LogP contribution in [0.15, 0.2) is 35.4 Å². The maximum absolute atomic E-state index is 12.3. The van der Waals surface area contributed by atoms with Gasteiger partial charge < -0.3 is 24.3 Å². The first-order valence-corrected chi connectivity index (χ1v) is 10.3. The maximum Gasteiger partial charge on any atom is 0.259 e. The number of ether oxygens (including phenoxy) is 4. The highest BCUT2D eigenvalue weighted by atomic mass is 127. The number of nitrogens with zero attached hydrogens (tertiary/aromatic N) is 1. The molecule has 2 amide bonds. The van der Waals surface area contributed by atoms with Gasteiger partial charge in [0.15, 0.2) is 23.0 Å². The van der Waals surface area contributed by atoms with Gasteiger partial charge in [-0.05, 0) is 58.5 Å². The molecular formula is C22H22IN3O6. The van der Waals surface area contributed by atoms with Crippen molar-refractivity contribution in [2.45, 2.75) is 0 Å². The molecule has 168 valence electrons. The molecular weight excluding hydrogens is 529 g/mol. The summed E-state index contributed by atoms with van der Waals surface area (Å²) in [6.45, 7) is -0.144. The van der Waals surface area contributed by atoms with Crippen molar-refractivity contribution in [2.75, 3.05) is 34.5 Å². The Hall–Kier alpha value is -3.46. The molecule has 2 aromatic carbocycles. The summed E-state index contributed by atoms with van der Waals surface area (Å²) in [6, 6.07) is 8.19. The van der Waals surface area contributed by atoms with Gasteiger partial charge >= 0.3 is 0 Å². The first-order chi connectivity index (χ1) is 15.4. The molecule has 0 aliphatic carbocycles. The Morgan fingerprint density at radius 3 is 2.47 bits per heavy atom. The molecule has 0 bridgehead atoms. The van der Waals surface area contributed by atoms with Crippen LogP contribution in [-0.4, -0.2) is 52.5 Å². The van der Waals surface area contributed by atoms with Gasteiger partial charge in [-0.1, -0.05) is 5.92 Å². The number of carbonyl (C=O) groups excluding carboxylic acids is 2. The topological polar surface area (TPSA) is 107 Å². The highest BCUT2D eigenvalue weighted by Gasteiger charge is 2.13. The van der Waals surface area contributed by atoms with Crippen LogP contribution < -0.4 is 29.7 Å². The second kappa shape index (κ2) is 12.4. The third kappa shape index (κ3) is 6.78. The highest BCUT2D eigenvalue weighted by Crippen LogP contribution is 2.33. The van der Waals surface area contributed by atoms with Gasteiger partial charge in [0.1, 0.15) is 6.61 Å². The second-order valence-electron chi connectivity index (χ2n) is 6.07. The van der Waals surface area contributed by atoms with Crippen molar-refractivity contribution < 1.29 is 28.5 Å². The number of halogens is 1. The summed E-state index contributed by atoms with van der Waals surface area (Å²) in [6.07, 6.45) is 6.67. The number of hydrazone groups is 1. The quantitative estimate of drug-likeness (QED) is 0.203. The number of hydrogen-bond donors (Lipinski definition) is 2. The zero-order valence-electron chi connectivity index (χ0n) is 17.7. The van der Waals surface area contributed by atoms with Crippen LogP contribution in [-0.2, 0) is 4.79 Å². The molecule has 0 saturated heterocycles. The molecule has 0 aromatic heterocycles. The number of nitrogens with one attached hydrogen (secondary N) is 2. The molecule has 2 aromatic rings. The Labute approximate surface area is 199 Å².